The van der Waals surface area contributed by atoms with Gasteiger partial charge in [0.15, 0.2) is 11.6 Å². The van der Waals surface area contributed by atoms with Gasteiger partial charge in [-0.1, -0.05) is 30.3 Å². The molecule has 2 heterocycles. The molecule has 0 aliphatic carbocycles. The van der Waals surface area contributed by atoms with Crippen LogP contribution in [0.15, 0.2) is 48.7 Å². The Morgan fingerprint density at radius 1 is 1.10 bits per heavy atom. The maximum atomic E-state index is 8.76. The van der Waals surface area contributed by atoms with Crippen LogP contribution in [0.3, 0.4) is 0 Å². The van der Waals surface area contributed by atoms with Gasteiger partial charge in [0.2, 0.25) is 5.65 Å². The lowest BCUT2D eigenvalue weighted by atomic mass is 10.2. The van der Waals surface area contributed by atoms with E-state index >= 15 is 0 Å². The molecule has 20 heavy (non-hydrogen) atoms. The molecule has 98 valence electrons. The zero-order valence-electron chi connectivity index (χ0n) is 10.7. The fraction of sp³-hybridized carbons (Fsp3) is 0.133. The topological polar surface area (TPSA) is 63.2 Å². The molecule has 1 aromatic carbocycles. The van der Waals surface area contributed by atoms with Gasteiger partial charge in [-0.15, -0.1) is 10.2 Å². The van der Waals surface area contributed by atoms with Crippen LogP contribution >= 0.6 is 0 Å². The normalized spacial score (nSPS) is 10.3. The summed E-state index contributed by atoms with van der Waals surface area (Å²) < 4.78 is 7.57. The zero-order valence-corrected chi connectivity index (χ0v) is 10.7. The molecule has 0 fully saturated rings. The molecular formula is C15H12N4O. The van der Waals surface area contributed by atoms with Gasteiger partial charge in [0.1, 0.15) is 6.61 Å². The third kappa shape index (κ3) is 2.31. The Kier molecular flexibility index (Phi) is 3.29. The molecule has 0 spiro atoms. The molecule has 3 rings (SSSR count). The Bertz CT molecular complexity index is 758. The van der Waals surface area contributed by atoms with Crippen molar-refractivity contribution in [2.24, 2.45) is 0 Å². The third-order valence-electron chi connectivity index (χ3n) is 2.94. The minimum atomic E-state index is 0.226. The van der Waals surface area contributed by atoms with Crippen molar-refractivity contribution in [3.63, 3.8) is 0 Å². The van der Waals surface area contributed by atoms with Crippen molar-refractivity contribution in [1.29, 1.82) is 5.26 Å². The number of hydrogen-bond donors (Lipinski definition) is 0. The summed E-state index contributed by atoms with van der Waals surface area (Å²) in [5, 5.41) is 16.9. The Morgan fingerprint density at radius 3 is 2.75 bits per heavy atom. The molecular weight excluding hydrogens is 252 g/mol. The first-order valence-electron chi connectivity index (χ1n) is 6.25. The van der Waals surface area contributed by atoms with E-state index in [-0.39, 0.29) is 6.42 Å². The summed E-state index contributed by atoms with van der Waals surface area (Å²) in [6.45, 7) is 0.473. The van der Waals surface area contributed by atoms with Gasteiger partial charge >= 0.3 is 0 Å². The molecule has 5 nitrogen and oxygen atoms in total. The number of aromatic nitrogens is 3. The Balaban J connectivity index is 1.87. The molecule has 0 N–H and O–H groups in total. The van der Waals surface area contributed by atoms with Gasteiger partial charge in [-0.3, -0.25) is 4.40 Å². The summed E-state index contributed by atoms with van der Waals surface area (Å²) >= 11 is 0. The monoisotopic (exact) mass is 264 g/mol. The number of benzene rings is 1. The quantitative estimate of drug-likeness (QED) is 0.725. The predicted molar refractivity (Wildman–Crippen MR) is 73.1 cm³/mol. The third-order valence-corrected chi connectivity index (χ3v) is 2.94. The van der Waals surface area contributed by atoms with E-state index in [4.69, 9.17) is 10.00 Å². The smallest absolute Gasteiger partial charge is 0.203 e. The van der Waals surface area contributed by atoms with Gasteiger partial charge in [-0.05, 0) is 17.7 Å². The lowest BCUT2D eigenvalue weighted by Gasteiger charge is -2.07. The first kappa shape index (κ1) is 12.2. The van der Waals surface area contributed by atoms with E-state index in [0.717, 1.165) is 5.56 Å². The lowest BCUT2D eigenvalue weighted by molar-refractivity contribution is 0.308. The molecule has 0 bridgehead atoms. The van der Waals surface area contributed by atoms with Crippen LogP contribution < -0.4 is 4.74 Å². The van der Waals surface area contributed by atoms with Gasteiger partial charge in [-0.25, -0.2) is 0 Å². The van der Waals surface area contributed by atoms with Crippen LogP contribution in [0.1, 0.15) is 11.4 Å². The van der Waals surface area contributed by atoms with Gasteiger partial charge < -0.3 is 4.74 Å². The summed E-state index contributed by atoms with van der Waals surface area (Å²) in [5.74, 6) is 1.28. The highest BCUT2D eigenvalue weighted by Crippen LogP contribution is 2.19. The van der Waals surface area contributed by atoms with E-state index < -0.39 is 0 Å². The van der Waals surface area contributed by atoms with Crippen LogP contribution in [0.25, 0.3) is 5.65 Å². The van der Waals surface area contributed by atoms with E-state index in [2.05, 4.69) is 16.3 Å². The summed E-state index contributed by atoms with van der Waals surface area (Å²) in [6, 6.07) is 15.7. The van der Waals surface area contributed by atoms with Crippen molar-refractivity contribution in [3.8, 4) is 11.8 Å². The van der Waals surface area contributed by atoms with Crippen molar-refractivity contribution in [2.75, 3.05) is 0 Å². The first-order chi connectivity index (χ1) is 9.88. The number of rotatable bonds is 4. The molecule has 0 aliphatic heterocycles. The number of fused-ring (bicyclic) bond motifs is 1. The summed E-state index contributed by atoms with van der Waals surface area (Å²) in [4.78, 5) is 0. The van der Waals surface area contributed by atoms with E-state index in [1.807, 2.05) is 48.7 Å². The van der Waals surface area contributed by atoms with E-state index in [1.54, 1.807) is 4.40 Å². The van der Waals surface area contributed by atoms with Crippen molar-refractivity contribution >= 4 is 5.65 Å². The average Bonchev–Trinajstić information content (AvgIpc) is 2.91. The number of hydrogen-bond acceptors (Lipinski definition) is 4. The first-order valence-corrected chi connectivity index (χ1v) is 6.25. The van der Waals surface area contributed by atoms with Crippen LogP contribution in [-0.4, -0.2) is 14.6 Å². The van der Waals surface area contributed by atoms with Gasteiger partial charge in [-0.2, -0.15) is 5.26 Å². The average molecular weight is 264 g/mol. The van der Waals surface area contributed by atoms with Gasteiger partial charge in [0, 0.05) is 6.20 Å². The van der Waals surface area contributed by atoms with Crippen LogP contribution in [0.2, 0.25) is 0 Å². The molecule has 2 aromatic heterocycles. The van der Waals surface area contributed by atoms with Gasteiger partial charge in [0.05, 0.1) is 12.5 Å². The van der Waals surface area contributed by atoms with Crippen LogP contribution in [0.4, 0.5) is 0 Å². The molecule has 5 heteroatoms. The Labute approximate surface area is 116 Å². The fourth-order valence-corrected chi connectivity index (χ4v) is 1.98. The summed E-state index contributed by atoms with van der Waals surface area (Å²) in [6.07, 6.45) is 2.06. The minimum Gasteiger partial charge on any atom is -0.485 e. The number of nitriles is 1. The highest BCUT2D eigenvalue weighted by molar-refractivity contribution is 5.53. The molecule has 0 saturated heterocycles. The molecule has 0 unspecified atom stereocenters. The van der Waals surface area contributed by atoms with Gasteiger partial charge in [0.25, 0.3) is 0 Å². The SMILES string of the molecule is N#CCc1nnc2c(OCc3ccccc3)cccn12. The second kappa shape index (κ2) is 5.41. The highest BCUT2D eigenvalue weighted by atomic mass is 16.5. The Hall–Kier alpha value is -2.87. The minimum absolute atomic E-state index is 0.226. The second-order valence-corrected chi connectivity index (χ2v) is 4.29. The van der Waals surface area contributed by atoms with E-state index in [9.17, 15) is 0 Å². The van der Waals surface area contributed by atoms with Crippen LogP contribution in [0, 0.1) is 11.3 Å². The zero-order chi connectivity index (χ0) is 13.8. The standard InChI is InChI=1S/C15H12N4O/c16-9-8-14-17-18-15-13(7-4-10-19(14)15)20-11-12-5-2-1-3-6-12/h1-7,10H,8,11H2. The lowest BCUT2D eigenvalue weighted by Crippen LogP contribution is -1.98. The maximum Gasteiger partial charge on any atom is 0.203 e. The van der Waals surface area contributed by atoms with Crippen LogP contribution in [0.5, 0.6) is 5.75 Å². The van der Waals surface area contributed by atoms with Crippen LogP contribution in [-0.2, 0) is 13.0 Å². The molecule has 0 aliphatic rings. The molecule has 0 radical (unpaired) electrons. The number of pyridine rings is 1. The number of nitrogens with zero attached hydrogens (tertiary/aromatic N) is 4. The second-order valence-electron chi connectivity index (χ2n) is 4.29. The van der Waals surface area contributed by atoms with E-state index in [0.29, 0.717) is 23.8 Å². The summed E-state index contributed by atoms with van der Waals surface area (Å²) in [7, 11) is 0. The molecule has 0 saturated carbocycles. The van der Waals surface area contributed by atoms with Crippen molar-refractivity contribution in [1.82, 2.24) is 14.6 Å². The highest BCUT2D eigenvalue weighted by Gasteiger charge is 2.09. The largest absolute Gasteiger partial charge is 0.485 e. The molecule has 3 aromatic rings. The molecule has 0 amide bonds. The number of ether oxygens (including phenoxy) is 1. The predicted octanol–water partition coefficient (Wildman–Crippen LogP) is 2.37. The van der Waals surface area contributed by atoms with Crippen molar-refractivity contribution < 1.29 is 4.74 Å². The van der Waals surface area contributed by atoms with E-state index in [1.165, 1.54) is 0 Å². The summed E-state index contributed by atoms with van der Waals surface area (Å²) in [5.41, 5.74) is 1.72. The van der Waals surface area contributed by atoms with Crippen molar-refractivity contribution in [3.05, 3.63) is 60.0 Å². The van der Waals surface area contributed by atoms with Crippen molar-refractivity contribution in [2.45, 2.75) is 13.0 Å². The molecule has 0 atom stereocenters. The fourth-order valence-electron chi connectivity index (χ4n) is 1.98. The Morgan fingerprint density at radius 2 is 1.95 bits per heavy atom. The maximum absolute atomic E-state index is 8.76.